The number of allylic oxidation sites excluding steroid dienone is 1. The van der Waals surface area contributed by atoms with Crippen LogP contribution in [0, 0.1) is 0 Å². The van der Waals surface area contributed by atoms with Crippen molar-refractivity contribution in [3.05, 3.63) is 66.2 Å². The van der Waals surface area contributed by atoms with Gasteiger partial charge in [-0.2, -0.15) is 4.31 Å². The zero-order valence-corrected chi connectivity index (χ0v) is 17.4. The van der Waals surface area contributed by atoms with Crippen LogP contribution in [0.1, 0.15) is 35.2 Å². The van der Waals surface area contributed by atoms with Crippen LogP contribution in [0.25, 0.3) is 0 Å². The van der Waals surface area contributed by atoms with Gasteiger partial charge in [0.25, 0.3) is 5.91 Å². The fraction of sp³-hybridized carbons (Fsp3) is 0.318. The summed E-state index contributed by atoms with van der Waals surface area (Å²) in [5, 5.41) is 2.81. The van der Waals surface area contributed by atoms with Crippen molar-refractivity contribution in [2.75, 3.05) is 25.5 Å². The predicted octanol–water partition coefficient (Wildman–Crippen LogP) is 3.85. The molecule has 0 atom stereocenters. The van der Waals surface area contributed by atoms with Crippen LogP contribution in [0.3, 0.4) is 0 Å². The molecule has 7 heteroatoms. The third kappa shape index (κ3) is 4.86. The van der Waals surface area contributed by atoms with Gasteiger partial charge in [-0.15, -0.1) is 6.58 Å². The number of piperidine rings is 1. The highest BCUT2D eigenvalue weighted by molar-refractivity contribution is 7.89. The quantitative estimate of drug-likeness (QED) is 0.698. The molecule has 1 N–H and O–H groups in total. The van der Waals surface area contributed by atoms with Gasteiger partial charge in [-0.1, -0.05) is 12.5 Å². The lowest BCUT2D eigenvalue weighted by atomic mass is 10.1. The predicted molar refractivity (Wildman–Crippen MR) is 114 cm³/mol. The highest BCUT2D eigenvalue weighted by atomic mass is 32.2. The number of carbonyl (C=O) groups is 1. The second-order valence-electron chi connectivity index (χ2n) is 6.96. The van der Waals surface area contributed by atoms with Gasteiger partial charge in [-0.25, -0.2) is 8.42 Å². The molecule has 0 spiro atoms. The first-order valence-electron chi connectivity index (χ1n) is 9.65. The molecule has 0 unspecified atom stereocenters. The van der Waals surface area contributed by atoms with E-state index in [1.54, 1.807) is 43.5 Å². The Balaban J connectivity index is 1.73. The van der Waals surface area contributed by atoms with Crippen LogP contribution in [-0.2, 0) is 16.4 Å². The molecular formula is C22H26N2O4S. The van der Waals surface area contributed by atoms with E-state index in [9.17, 15) is 13.2 Å². The number of benzene rings is 2. The van der Waals surface area contributed by atoms with Gasteiger partial charge in [0.15, 0.2) is 0 Å². The lowest BCUT2D eigenvalue weighted by molar-refractivity contribution is 0.102. The number of nitrogens with one attached hydrogen (secondary N) is 1. The van der Waals surface area contributed by atoms with Gasteiger partial charge in [0.2, 0.25) is 10.0 Å². The van der Waals surface area contributed by atoms with E-state index in [2.05, 4.69) is 11.9 Å². The van der Waals surface area contributed by atoms with E-state index < -0.39 is 10.0 Å². The average Bonchev–Trinajstić information content (AvgIpc) is 2.75. The van der Waals surface area contributed by atoms with Gasteiger partial charge >= 0.3 is 0 Å². The molecule has 0 saturated carbocycles. The third-order valence-corrected chi connectivity index (χ3v) is 6.88. The summed E-state index contributed by atoms with van der Waals surface area (Å²) in [5.74, 6) is 0.429. The number of methoxy groups -OCH3 is 1. The average molecular weight is 415 g/mol. The molecule has 0 aromatic heterocycles. The summed E-state index contributed by atoms with van der Waals surface area (Å²) in [6.07, 6.45) is 5.19. The number of ether oxygens (including phenoxy) is 1. The summed E-state index contributed by atoms with van der Waals surface area (Å²) in [6, 6.07) is 11.5. The van der Waals surface area contributed by atoms with Crippen LogP contribution in [0.2, 0.25) is 0 Å². The number of rotatable bonds is 7. The molecule has 0 aliphatic carbocycles. The second-order valence-corrected chi connectivity index (χ2v) is 8.90. The number of sulfonamides is 1. The first-order chi connectivity index (χ1) is 14.0. The topological polar surface area (TPSA) is 75.7 Å². The summed E-state index contributed by atoms with van der Waals surface area (Å²) in [5.41, 5.74) is 1.90. The molecule has 0 bridgehead atoms. The minimum atomic E-state index is -3.48. The van der Waals surface area contributed by atoms with Crippen LogP contribution in [-0.4, -0.2) is 38.8 Å². The summed E-state index contributed by atoms with van der Waals surface area (Å²) >= 11 is 0. The van der Waals surface area contributed by atoms with E-state index in [0.29, 0.717) is 36.5 Å². The Kier molecular flexibility index (Phi) is 6.71. The Morgan fingerprint density at radius 3 is 2.45 bits per heavy atom. The minimum Gasteiger partial charge on any atom is -0.496 e. The summed E-state index contributed by atoms with van der Waals surface area (Å²) in [7, 11) is -1.90. The smallest absolute Gasteiger partial charge is 0.255 e. The monoisotopic (exact) mass is 414 g/mol. The van der Waals surface area contributed by atoms with Gasteiger partial charge in [0, 0.05) is 24.3 Å². The highest BCUT2D eigenvalue weighted by Gasteiger charge is 2.25. The van der Waals surface area contributed by atoms with Crippen LogP contribution >= 0.6 is 0 Å². The lowest BCUT2D eigenvalue weighted by Crippen LogP contribution is -2.35. The van der Waals surface area contributed by atoms with E-state index in [0.717, 1.165) is 24.8 Å². The Bertz CT molecular complexity index is 978. The van der Waals surface area contributed by atoms with Crippen molar-refractivity contribution in [1.82, 2.24) is 4.31 Å². The SMILES string of the molecule is C=CCc1cc(C(=O)Nc2ccc(S(=O)(=O)N3CCCCC3)cc2)ccc1OC. The highest BCUT2D eigenvalue weighted by Crippen LogP contribution is 2.24. The Labute approximate surface area is 172 Å². The van der Waals surface area contributed by atoms with Crippen LogP contribution in [0.15, 0.2) is 60.0 Å². The van der Waals surface area contributed by atoms with Crippen molar-refractivity contribution in [2.24, 2.45) is 0 Å². The maximum absolute atomic E-state index is 12.7. The van der Waals surface area contributed by atoms with Crippen molar-refractivity contribution in [3.63, 3.8) is 0 Å². The van der Waals surface area contributed by atoms with Gasteiger partial charge in [-0.05, 0) is 67.3 Å². The third-order valence-electron chi connectivity index (χ3n) is 4.97. The summed E-state index contributed by atoms with van der Waals surface area (Å²) in [4.78, 5) is 12.8. The zero-order chi connectivity index (χ0) is 20.9. The number of anilines is 1. The fourth-order valence-corrected chi connectivity index (χ4v) is 4.92. The first-order valence-corrected chi connectivity index (χ1v) is 11.1. The number of amides is 1. The molecule has 1 amide bonds. The van der Waals surface area contributed by atoms with Crippen LogP contribution < -0.4 is 10.1 Å². The van der Waals surface area contributed by atoms with Gasteiger partial charge in [-0.3, -0.25) is 4.79 Å². The standard InChI is InChI=1S/C22H26N2O4S/c1-3-7-17-16-18(8-13-21(17)28-2)22(25)23-19-9-11-20(12-10-19)29(26,27)24-14-5-4-6-15-24/h3,8-13,16H,1,4-7,14-15H2,2H3,(H,23,25). The van der Waals surface area contributed by atoms with Crippen molar-refractivity contribution < 1.29 is 17.9 Å². The Morgan fingerprint density at radius 1 is 1.14 bits per heavy atom. The second kappa shape index (κ2) is 9.24. The zero-order valence-electron chi connectivity index (χ0n) is 16.6. The summed E-state index contributed by atoms with van der Waals surface area (Å²) in [6.45, 7) is 4.85. The molecule has 0 radical (unpaired) electrons. The van der Waals surface area contributed by atoms with Crippen molar-refractivity contribution in [2.45, 2.75) is 30.6 Å². The Morgan fingerprint density at radius 2 is 1.83 bits per heavy atom. The maximum Gasteiger partial charge on any atom is 0.255 e. The van der Waals surface area contributed by atoms with Gasteiger partial charge < -0.3 is 10.1 Å². The van der Waals surface area contributed by atoms with E-state index in [-0.39, 0.29) is 10.8 Å². The molecule has 29 heavy (non-hydrogen) atoms. The summed E-state index contributed by atoms with van der Waals surface area (Å²) < 4.78 is 32.3. The minimum absolute atomic E-state index is 0.245. The van der Waals surface area contributed by atoms with Crippen LogP contribution in [0.4, 0.5) is 5.69 Å². The molecule has 1 saturated heterocycles. The van der Waals surface area contributed by atoms with Gasteiger partial charge in [0.1, 0.15) is 5.75 Å². The van der Waals surface area contributed by atoms with Gasteiger partial charge in [0.05, 0.1) is 12.0 Å². The largest absolute Gasteiger partial charge is 0.496 e. The Hall–Kier alpha value is -2.64. The van der Waals surface area contributed by atoms with E-state index in [1.807, 2.05) is 0 Å². The molecule has 1 aliphatic rings. The molecule has 2 aromatic carbocycles. The van der Waals surface area contributed by atoms with Crippen molar-refractivity contribution in [3.8, 4) is 5.75 Å². The number of nitrogens with zero attached hydrogens (tertiary/aromatic N) is 1. The normalized spacial score (nSPS) is 14.9. The van der Waals surface area contributed by atoms with Crippen LogP contribution in [0.5, 0.6) is 5.75 Å². The fourth-order valence-electron chi connectivity index (χ4n) is 3.40. The molecule has 2 aromatic rings. The lowest BCUT2D eigenvalue weighted by Gasteiger charge is -2.25. The first kappa shape index (κ1) is 21.1. The molecule has 1 fully saturated rings. The van der Waals surface area contributed by atoms with Crippen molar-refractivity contribution in [1.29, 1.82) is 0 Å². The molecule has 154 valence electrons. The van der Waals surface area contributed by atoms with E-state index in [1.165, 1.54) is 16.4 Å². The maximum atomic E-state index is 12.7. The molecule has 1 heterocycles. The number of hydrogen-bond donors (Lipinski definition) is 1. The molecule has 6 nitrogen and oxygen atoms in total. The van der Waals surface area contributed by atoms with Crippen molar-refractivity contribution >= 4 is 21.6 Å². The van der Waals surface area contributed by atoms with E-state index in [4.69, 9.17) is 4.74 Å². The number of hydrogen-bond acceptors (Lipinski definition) is 4. The molecule has 3 rings (SSSR count). The molecular weight excluding hydrogens is 388 g/mol. The molecule has 1 aliphatic heterocycles. The van der Waals surface area contributed by atoms with E-state index >= 15 is 0 Å². The number of carbonyl (C=O) groups excluding carboxylic acids is 1.